The summed E-state index contributed by atoms with van der Waals surface area (Å²) < 4.78 is 5.26. The third-order valence-corrected chi connectivity index (χ3v) is 4.82. The smallest absolute Gasteiger partial charge is 0.254 e. The summed E-state index contributed by atoms with van der Waals surface area (Å²) in [4.78, 5) is 27.2. The highest BCUT2D eigenvalue weighted by molar-refractivity contribution is 6.31. The van der Waals surface area contributed by atoms with Gasteiger partial charge in [0.2, 0.25) is 5.91 Å². The third-order valence-electron chi connectivity index (χ3n) is 4.33. The number of rotatable bonds is 7. The molecule has 3 aromatic carbocycles. The van der Waals surface area contributed by atoms with Crippen LogP contribution in [0.2, 0.25) is 10.0 Å². The number of carbonyl (C=O) groups excluding carboxylic acids is 2. The normalized spacial score (nSPS) is 10.4. The van der Waals surface area contributed by atoms with Gasteiger partial charge >= 0.3 is 0 Å². The van der Waals surface area contributed by atoms with E-state index in [0.717, 1.165) is 5.56 Å². The number of methoxy groups -OCH3 is 1. The molecule has 154 valence electrons. The van der Waals surface area contributed by atoms with Gasteiger partial charge in [-0.15, -0.1) is 0 Å². The fourth-order valence-electron chi connectivity index (χ4n) is 2.91. The Labute approximate surface area is 185 Å². The van der Waals surface area contributed by atoms with Crippen LogP contribution in [0.5, 0.6) is 5.75 Å². The predicted octanol–water partition coefficient (Wildman–Crippen LogP) is 5.28. The van der Waals surface area contributed by atoms with Crippen molar-refractivity contribution in [3.63, 3.8) is 0 Å². The van der Waals surface area contributed by atoms with E-state index in [1.165, 1.54) is 4.90 Å². The van der Waals surface area contributed by atoms with Gasteiger partial charge in [-0.3, -0.25) is 9.59 Å². The minimum atomic E-state index is -0.331. The second-order valence-corrected chi connectivity index (χ2v) is 7.45. The van der Waals surface area contributed by atoms with Gasteiger partial charge in [0.15, 0.2) is 0 Å². The summed E-state index contributed by atoms with van der Waals surface area (Å²) in [6.45, 7) is 0.104. The quantitative estimate of drug-likeness (QED) is 0.541. The van der Waals surface area contributed by atoms with Crippen LogP contribution in [-0.2, 0) is 11.3 Å². The zero-order valence-electron chi connectivity index (χ0n) is 16.3. The topological polar surface area (TPSA) is 58.6 Å². The molecule has 0 aromatic heterocycles. The highest BCUT2D eigenvalue weighted by Crippen LogP contribution is 2.18. The number of nitrogens with zero attached hydrogens (tertiary/aromatic N) is 1. The van der Waals surface area contributed by atoms with Crippen molar-refractivity contribution in [3.05, 3.63) is 94.0 Å². The van der Waals surface area contributed by atoms with Crippen LogP contribution in [0.15, 0.2) is 72.8 Å². The molecular weight excluding hydrogens is 423 g/mol. The fraction of sp³-hybridized carbons (Fsp3) is 0.130. The van der Waals surface area contributed by atoms with E-state index in [0.29, 0.717) is 27.0 Å². The van der Waals surface area contributed by atoms with Gasteiger partial charge in [0.25, 0.3) is 5.91 Å². The average Bonchev–Trinajstić information content (AvgIpc) is 2.73. The zero-order valence-corrected chi connectivity index (χ0v) is 17.8. The van der Waals surface area contributed by atoms with E-state index in [9.17, 15) is 9.59 Å². The van der Waals surface area contributed by atoms with Gasteiger partial charge in [-0.1, -0.05) is 41.4 Å². The predicted molar refractivity (Wildman–Crippen MR) is 119 cm³/mol. The second-order valence-electron chi connectivity index (χ2n) is 6.58. The molecule has 7 heteroatoms. The lowest BCUT2D eigenvalue weighted by atomic mass is 10.1. The maximum absolute atomic E-state index is 13.1. The largest absolute Gasteiger partial charge is 0.497 e. The van der Waals surface area contributed by atoms with Crippen LogP contribution in [0.1, 0.15) is 15.9 Å². The van der Waals surface area contributed by atoms with E-state index in [2.05, 4.69) is 5.32 Å². The molecule has 2 amide bonds. The maximum Gasteiger partial charge on any atom is 0.254 e. The molecule has 1 N–H and O–H groups in total. The number of carbonyl (C=O) groups is 2. The fourth-order valence-corrected chi connectivity index (χ4v) is 3.22. The number of benzene rings is 3. The number of amides is 2. The molecule has 0 heterocycles. The molecule has 0 unspecified atom stereocenters. The Morgan fingerprint density at radius 1 is 0.933 bits per heavy atom. The molecular formula is C23H20Cl2N2O3. The first-order chi connectivity index (χ1) is 14.4. The second kappa shape index (κ2) is 10.1. The third kappa shape index (κ3) is 5.99. The molecule has 0 saturated carbocycles. The number of halogens is 2. The first-order valence-electron chi connectivity index (χ1n) is 9.18. The molecule has 30 heavy (non-hydrogen) atoms. The number of ether oxygens (including phenoxy) is 1. The van der Waals surface area contributed by atoms with Crippen molar-refractivity contribution in [2.45, 2.75) is 6.54 Å². The summed E-state index contributed by atoms with van der Waals surface area (Å²) >= 11 is 11.9. The van der Waals surface area contributed by atoms with Gasteiger partial charge in [0.05, 0.1) is 7.11 Å². The molecule has 5 nitrogen and oxygen atoms in total. The molecule has 3 aromatic rings. The van der Waals surface area contributed by atoms with Crippen LogP contribution in [-0.4, -0.2) is 30.4 Å². The Bertz CT molecular complexity index is 1040. The Hall–Kier alpha value is -3.02. The molecule has 0 aliphatic carbocycles. The summed E-state index contributed by atoms with van der Waals surface area (Å²) in [5, 5.41) is 3.82. The zero-order chi connectivity index (χ0) is 21.5. The Morgan fingerprint density at radius 3 is 2.37 bits per heavy atom. The molecule has 0 spiro atoms. The molecule has 0 saturated heterocycles. The van der Waals surface area contributed by atoms with E-state index in [1.807, 2.05) is 24.3 Å². The number of nitrogens with one attached hydrogen (secondary N) is 1. The lowest BCUT2D eigenvalue weighted by Gasteiger charge is -2.23. The summed E-state index contributed by atoms with van der Waals surface area (Å²) in [6, 6.07) is 20.8. The van der Waals surface area contributed by atoms with E-state index < -0.39 is 0 Å². The van der Waals surface area contributed by atoms with Crippen LogP contribution >= 0.6 is 23.2 Å². The highest BCUT2D eigenvalue weighted by atomic mass is 35.5. The van der Waals surface area contributed by atoms with Crippen molar-refractivity contribution in [3.8, 4) is 5.75 Å². The van der Waals surface area contributed by atoms with Crippen LogP contribution in [0.25, 0.3) is 0 Å². The van der Waals surface area contributed by atoms with Crippen molar-refractivity contribution < 1.29 is 14.3 Å². The van der Waals surface area contributed by atoms with Crippen LogP contribution in [0.4, 0.5) is 5.69 Å². The van der Waals surface area contributed by atoms with Crippen LogP contribution in [0.3, 0.4) is 0 Å². The van der Waals surface area contributed by atoms with Gasteiger partial charge in [-0.05, 0) is 60.2 Å². The SMILES string of the molecule is COc1cccc(CN(CC(=O)Nc2cccc(Cl)c2)C(=O)c2ccc(Cl)cc2)c1. The summed E-state index contributed by atoms with van der Waals surface area (Å²) in [5.41, 5.74) is 1.85. The lowest BCUT2D eigenvalue weighted by Crippen LogP contribution is -2.37. The van der Waals surface area contributed by atoms with Gasteiger partial charge in [-0.25, -0.2) is 0 Å². The van der Waals surface area contributed by atoms with Crippen molar-refractivity contribution in [2.24, 2.45) is 0 Å². The summed E-state index contributed by atoms with van der Waals surface area (Å²) in [5.74, 6) is 0.0629. The maximum atomic E-state index is 13.1. The van der Waals surface area contributed by atoms with E-state index in [1.54, 1.807) is 55.6 Å². The van der Waals surface area contributed by atoms with E-state index >= 15 is 0 Å². The Kier molecular flexibility index (Phi) is 7.33. The molecule has 0 aliphatic heterocycles. The minimum Gasteiger partial charge on any atom is -0.497 e. The van der Waals surface area contributed by atoms with Gasteiger partial charge in [0.1, 0.15) is 12.3 Å². The molecule has 0 fully saturated rings. The Morgan fingerprint density at radius 2 is 1.67 bits per heavy atom. The van der Waals surface area contributed by atoms with Crippen LogP contribution < -0.4 is 10.1 Å². The summed E-state index contributed by atoms with van der Waals surface area (Å²) in [7, 11) is 1.58. The average molecular weight is 443 g/mol. The van der Waals surface area contributed by atoms with Crippen molar-refractivity contribution in [2.75, 3.05) is 19.0 Å². The molecule has 0 atom stereocenters. The van der Waals surface area contributed by atoms with Crippen molar-refractivity contribution in [1.29, 1.82) is 0 Å². The molecule has 0 radical (unpaired) electrons. The van der Waals surface area contributed by atoms with E-state index in [4.69, 9.17) is 27.9 Å². The Balaban J connectivity index is 1.81. The summed E-state index contributed by atoms with van der Waals surface area (Å²) in [6.07, 6.45) is 0. The number of anilines is 1. The van der Waals surface area contributed by atoms with Crippen molar-refractivity contribution >= 4 is 40.7 Å². The first-order valence-corrected chi connectivity index (χ1v) is 9.93. The molecule has 0 aliphatic rings. The standard InChI is InChI=1S/C23H20Cl2N2O3/c1-30-21-7-2-4-16(12-21)14-27(23(29)17-8-10-18(24)11-9-17)15-22(28)26-20-6-3-5-19(25)13-20/h2-13H,14-15H2,1H3,(H,26,28). The molecule has 3 rings (SSSR count). The highest BCUT2D eigenvalue weighted by Gasteiger charge is 2.20. The number of hydrogen-bond donors (Lipinski definition) is 1. The first kappa shape index (κ1) is 21.7. The van der Waals surface area contributed by atoms with E-state index in [-0.39, 0.29) is 24.9 Å². The molecule has 0 bridgehead atoms. The van der Waals surface area contributed by atoms with Gasteiger partial charge < -0.3 is 15.0 Å². The van der Waals surface area contributed by atoms with Crippen LogP contribution in [0, 0.1) is 0 Å². The van der Waals surface area contributed by atoms with Gasteiger partial charge in [-0.2, -0.15) is 0 Å². The number of hydrogen-bond acceptors (Lipinski definition) is 3. The van der Waals surface area contributed by atoms with Crippen molar-refractivity contribution in [1.82, 2.24) is 4.90 Å². The minimum absolute atomic E-state index is 0.134. The van der Waals surface area contributed by atoms with Gasteiger partial charge in [0, 0.05) is 27.8 Å². The lowest BCUT2D eigenvalue weighted by molar-refractivity contribution is -0.117. The monoisotopic (exact) mass is 442 g/mol.